The Labute approximate surface area is 165 Å². The van der Waals surface area contributed by atoms with Crippen LogP contribution >= 0.6 is 11.3 Å². The maximum absolute atomic E-state index is 13.4. The summed E-state index contributed by atoms with van der Waals surface area (Å²) in [5.74, 6) is -0.105. The fraction of sp³-hybridized carbons (Fsp3) is 0.200. The number of rotatable bonds is 3. The van der Waals surface area contributed by atoms with E-state index in [1.807, 2.05) is 29.2 Å². The van der Waals surface area contributed by atoms with Crippen molar-refractivity contribution in [1.29, 1.82) is 0 Å². The van der Waals surface area contributed by atoms with Crippen LogP contribution in [0, 0.1) is 6.92 Å². The van der Waals surface area contributed by atoms with Crippen LogP contribution in [0.1, 0.15) is 38.4 Å². The molecule has 2 N–H and O–H groups in total. The van der Waals surface area contributed by atoms with Crippen molar-refractivity contribution in [3.63, 3.8) is 0 Å². The molecular formula is C20H18N6OS. The van der Waals surface area contributed by atoms with Crippen LogP contribution in [0.3, 0.4) is 0 Å². The highest BCUT2D eigenvalue weighted by Crippen LogP contribution is 2.34. The van der Waals surface area contributed by atoms with Gasteiger partial charge < -0.3 is 9.88 Å². The second kappa shape index (κ2) is 6.72. The van der Waals surface area contributed by atoms with Crippen molar-refractivity contribution in [3.8, 4) is 10.6 Å². The Morgan fingerprint density at radius 3 is 2.89 bits per heavy atom. The number of nitrogens with one attached hydrogen (secondary N) is 2. The van der Waals surface area contributed by atoms with Crippen LogP contribution in [0.15, 0.2) is 49.1 Å². The van der Waals surface area contributed by atoms with E-state index in [1.165, 1.54) is 4.88 Å². The highest BCUT2D eigenvalue weighted by atomic mass is 32.1. The highest BCUT2D eigenvalue weighted by molar-refractivity contribution is 7.15. The van der Waals surface area contributed by atoms with Gasteiger partial charge in [-0.25, -0.2) is 4.98 Å². The monoisotopic (exact) mass is 390 g/mol. The van der Waals surface area contributed by atoms with Gasteiger partial charge in [-0.15, -0.1) is 11.3 Å². The molecule has 1 amide bonds. The molecule has 1 unspecified atom stereocenters. The Hall–Kier alpha value is -3.26. The molecule has 7 nitrogen and oxygen atoms in total. The Morgan fingerprint density at radius 2 is 2.11 bits per heavy atom. The van der Waals surface area contributed by atoms with Crippen molar-refractivity contribution in [1.82, 2.24) is 30.0 Å². The smallest absolute Gasteiger partial charge is 0.275 e. The molecule has 1 aliphatic rings. The van der Waals surface area contributed by atoms with E-state index in [9.17, 15) is 4.79 Å². The predicted molar refractivity (Wildman–Crippen MR) is 106 cm³/mol. The van der Waals surface area contributed by atoms with E-state index >= 15 is 0 Å². The molecule has 4 aromatic heterocycles. The molecule has 5 heterocycles. The number of nitrogens with zero attached hydrogens (tertiary/aromatic N) is 4. The lowest BCUT2D eigenvalue weighted by Gasteiger charge is -2.34. The molecule has 28 heavy (non-hydrogen) atoms. The molecule has 8 heteroatoms. The quantitative estimate of drug-likeness (QED) is 0.561. The van der Waals surface area contributed by atoms with Gasteiger partial charge in [0.05, 0.1) is 22.6 Å². The van der Waals surface area contributed by atoms with Gasteiger partial charge in [0.25, 0.3) is 5.91 Å². The molecular weight excluding hydrogens is 372 g/mol. The van der Waals surface area contributed by atoms with Gasteiger partial charge in [-0.3, -0.25) is 14.9 Å². The van der Waals surface area contributed by atoms with Crippen LogP contribution in [0.5, 0.6) is 0 Å². The number of pyridine rings is 1. The van der Waals surface area contributed by atoms with Crippen LogP contribution in [0.4, 0.5) is 0 Å². The van der Waals surface area contributed by atoms with E-state index in [2.05, 4.69) is 38.1 Å². The Bertz CT molecular complexity index is 1130. The number of carbonyl (C=O) groups is 1. The van der Waals surface area contributed by atoms with Gasteiger partial charge in [0.2, 0.25) is 0 Å². The van der Waals surface area contributed by atoms with Crippen molar-refractivity contribution in [3.05, 3.63) is 76.6 Å². The Morgan fingerprint density at radius 1 is 1.25 bits per heavy atom. The summed E-state index contributed by atoms with van der Waals surface area (Å²) >= 11 is 1.67. The van der Waals surface area contributed by atoms with Crippen LogP contribution in [-0.2, 0) is 6.42 Å². The Kier molecular flexibility index (Phi) is 4.05. The summed E-state index contributed by atoms with van der Waals surface area (Å²) in [6.45, 7) is 2.66. The van der Waals surface area contributed by atoms with Gasteiger partial charge >= 0.3 is 0 Å². The second-order valence-electron chi connectivity index (χ2n) is 6.78. The third kappa shape index (κ3) is 2.82. The molecule has 0 radical (unpaired) electrons. The standard InChI is InChI=1S/C20H18N6OS/c1-12-2-3-17(28-12)15-10-16(25-24-15)20(27)26-9-6-14-18(23-11-22-14)19(26)13-4-7-21-8-5-13/h2-5,7-8,10-11,19H,6,9H2,1H3,(H,22,23)(H,24,25). The molecule has 4 aromatic rings. The lowest BCUT2D eigenvalue weighted by atomic mass is 9.96. The number of H-pyrrole nitrogens is 2. The van der Waals surface area contributed by atoms with Crippen molar-refractivity contribution >= 4 is 17.2 Å². The number of carbonyl (C=O) groups excluding carboxylic acids is 1. The summed E-state index contributed by atoms with van der Waals surface area (Å²) in [6.07, 6.45) is 5.91. The Balaban J connectivity index is 1.51. The van der Waals surface area contributed by atoms with Gasteiger partial charge in [-0.05, 0) is 42.8 Å². The van der Waals surface area contributed by atoms with Gasteiger partial charge in [-0.1, -0.05) is 0 Å². The first-order valence-electron chi connectivity index (χ1n) is 9.06. The van der Waals surface area contributed by atoms with Crippen LogP contribution in [-0.4, -0.2) is 42.5 Å². The molecule has 1 aliphatic heterocycles. The zero-order chi connectivity index (χ0) is 19.1. The summed E-state index contributed by atoms with van der Waals surface area (Å²) in [5.41, 5.74) is 4.22. The first-order valence-corrected chi connectivity index (χ1v) is 9.87. The molecule has 5 rings (SSSR count). The molecule has 140 valence electrons. The van der Waals surface area contributed by atoms with Crippen LogP contribution < -0.4 is 0 Å². The van der Waals surface area contributed by atoms with Crippen LogP contribution in [0.2, 0.25) is 0 Å². The van der Waals surface area contributed by atoms with E-state index in [-0.39, 0.29) is 11.9 Å². The average Bonchev–Trinajstić information content (AvgIpc) is 3.47. The van der Waals surface area contributed by atoms with Gasteiger partial charge in [-0.2, -0.15) is 5.10 Å². The maximum Gasteiger partial charge on any atom is 0.275 e. The number of thiophene rings is 1. The minimum atomic E-state index is -0.255. The summed E-state index contributed by atoms with van der Waals surface area (Å²) in [6, 6.07) is 9.54. The number of amides is 1. The third-order valence-electron chi connectivity index (χ3n) is 5.01. The van der Waals surface area contributed by atoms with Crippen molar-refractivity contribution in [2.75, 3.05) is 6.54 Å². The lowest BCUT2D eigenvalue weighted by Crippen LogP contribution is -2.41. The molecule has 0 bridgehead atoms. The van der Waals surface area contributed by atoms with E-state index in [1.54, 1.807) is 30.1 Å². The number of aromatic amines is 2. The normalized spacial score (nSPS) is 16.2. The molecule has 0 aliphatic carbocycles. The van der Waals surface area contributed by atoms with E-state index in [0.29, 0.717) is 12.2 Å². The molecule has 0 saturated carbocycles. The van der Waals surface area contributed by atoms with E-state index in [4.69, 9.17) is 0 Å². The number of hydrogen-bond donors (Lipinski definition) is 2. The zero-order valence-electron chi connectivity index (χ0n) is 15.2. The molecule has 0 spiro atoms. The van der Waals surface area contributed by atoms with Gasteiger partial charge in [0, 0.05) is 35.9 Å². The number of aryl methyl sites for hydroxylation is 1. The topological polar surface area (TPSA) is 90.6 Å². The number of aromatic nitrogens is 5. The SMILES string of the molecule is Cc1ccc(-c2cc(C(=O)N3CCc4[nH]cnc4C3c3ccncc3)n[nH]2)s1. The fourth-order valence-corrected chi connectivity index (χ4v) is 4.50. The average molecular weight is 390 g/mol. The summed E-state index contributed by atoms with van der Waals surface area (Å²) in [4.78, 5) is 29.3. The molecule has 0 saturated heterocycles. The maximum atomic E-state index is 13.4. The lowest BCUT2D eigenvalue weighted by molar-refractivity contribution is 0.0684. The molecule has 1 atom stereocenters. The van der Waals surface area contributed by atoms with Crippen molar-refractivity contribution < 1.29 is 4.79 Å². The van der Waals surface area contributed by atoms with Crippen molar-refractivity contribution in [2.45, 2.75) is 19.4 Å². The third-order valence-corrected chi connectivity index (χ3v) is 6.04. The second-order valence-corrected chi connectivity index (χ2v) is 8.06. The molecule has 0 fully saturated rings. The predicted octanol–water partition coefficient (Wildman–Crippen LogP) is 3.35. The zero-order valence-corrected chi connectivity index (χ0v) is 16.0. The summed E-state index contributed by atoms with van der Waals surface area (Å²) in [7, 11) is 0. The minimum absolute atomic E-state index is 0.105. The first-order chi connectivity index (χ1) is 13.7. The highest BCUT2D eigenvalue weighted by Gasteiger charge is 2.35. The van der Waals surface area contributed by atoms with E-state index < -0.39 is 0 Å². The fourth-order valence-electron chi connectivity index (χ4n) is 3.66. The summed E-state index contributed by atoms with van der Waals surface area (Å²) < 4.78 is 0. The van der Waals surface area contributed by atoms with Gasteiger partial charge in [0.1, 0.15) is 6.04 Å². The van der Waals surface area contributed by atoms with Crippen LogP contribution in [0.25, 0.3) is 10.6 Å². The first kappa shape index (κ1) is 16.9. The minimum Gasteiger partial charge on any atom is -0.348 e. The largest absolute Gasteiger partial charge is 0.348 e. The summed E-state index contributed by atoms with van der Waals surface area (Å²) in [5, 5.41) is 7.30. The number of imidazole rings is 1. The number of fused-ring (bicyclic) bond motifs is 1. The number of hydrogen-bond acceptors (Lipinski definition) is 5. The molecule has 0 aromatic carbocycles. The van der Waals surface area contributed by atoms with Gasteiger partial charge in [0.15, 0.2) is 5.69 Å². The van der Waals surface area contributed by atoms with Crippen molar-refractivity contribution in [2.24, 2.45) is 0 Å². The van der Waals surface area contributed by atoms with E-state index in [0.717, 1.165) is 33.9 Å².